The third-order valence-electron chi connectivity index (χ3n) is 8.04. The summed E-state index contributed by atoms with van der Waals surface area (Å²) in [5.74, 6) is 0.138. The van der Waals surface area contributed by atoms with Crippen molar-refractivity contribution in [2.45, 2.75) is 118 Å². The molecule has 0 aromatic carbocycles. The fourth-order valence-electron chi connectivity index (χ4n) is 5.18. The summed E-state index contributed by atoms with van der Waals surface area (Å²) in [6.07, 6.45) is 8.87. The van der Waals surface area contributed by atoms with E-state index in [1.807, 2.05) is 0 Å². The topological polar surface area (TPSA) is 69.7 Å². The number of Topliss-reactive ketones (excluding diaryl/α,β-unsaturated/α-hetero) is 1. The molecular weight excluding hydrogens is 402 g/mol. The monoisotopic (exact) mass is 449 g/mol. The van der Waals surface area contributed by atoms with Crippen LogP contribution in [0.2, 0.25) is 0 Å². The van der Waals surface area contributed by atoms with E-state index >= 15 is 0 Å². The molecule has 0 saturated carbocycles. The maximum absolute atomic E-state index is 13.5. The molecule has 2 aliphatic heterocycles. The second-order valence-electron chi connectivity index (χ2n) is 11.1. The van der Waals surface area contributed by atoms with E-state index in [4.69, 9.17) is 0 Å². The van der Waals surface area contributed by atoms with E-state index in [0.717, 1.165) is 51.4 Å². The van der Waals surface area contributed by atoms with E-state index in [1.165, 1.54) is 0 Å². The summed E-state index contributed by atoms with van der Waals surface area (Å²) in [4.78, 5) is 42.9. The smallest absolute Gasteiger partial charge is 0.318 e. The molecular formula is C26H47N3O3. The normalized spacial score (nSPS) is 23.3. The molecule has 2 aliphatic rings. The van der Waals surface area contributed by atoms with Crippen molar-refractivity contribution < 1.29 is 14.4 Å². The van der Waals surface area contributed by atoms with Crippen molar-refractivity contribution in [3.05, 3.63) is 0 Å². The predicted molar refractivity (Wildman–Crippen MR) is 129 cm³/mol. The highest BCUT2D eigenvalue weighted by Crippen LogP contribution is 2.32. The number of ketones is 1. The summed E-state index contributed by atoms with van der Waals surface area (Å²) in [5.41, 5.74) is 0.191. The molecule has 6 heteroatoms. The first-order valence-electron chi connectivity index (χ1n) is 12.9. The van der Waals surface area contributed by atoms with Crippen LogP contribution in [0.1, 0.15) is 106 Å². The van der Waals surface area contributed by atoms with Crippen LogP contribution in [0.25, 0.3) is 0 Å². The minimum atomic E-state index is -0.402. The van der Waals surface area contributed by atoms with Gasteiger partial charge in [0, 0.05) is 26.1 Å². The van der Waals surface area contributed by atoms with Crippen LogP contribution in [0.3, 0.4) is 0 Å². The van der Waals surface area contributed by atoms with Gasteiger partial charge in [0.1, 0.15) is 0 Å². The third-order valence-corrected chi connectivity index (χ3v) is 8.04. The van der Waals surface area contributed by atoms with E-state index in [-0.39, 0.29) is 34.6 Å². The average molecular weight is 450 g/mol. The van der Waals surface area contributed by atoms with Gasteiger partial charge in [-0.15, -0.1) is 0 Å². The molecule has 2 rings (SSSR count). The summed E-state index contributed by atoms with van der Waals surface area (Å²) in [6, 6.07) is -0.902. The van der Waals surface area contributed by atoms with E-state index in [1.54, 1.807) is 9.80 Å². The molecule has 6 nitrogen and oxygen atoms in total. The number of likely N-dealkylation sites (tertiary alicyclic amines) is 2. The van der Waals surface area contributed by atoms with Crippen molar-refractivity contribution in [2.24, 2.45) is 10.8 Å². The standard InChI is InChI=1S/C26H47N3O3/c1-7-14-26(6,9-3)15-16-27-24(32)29-18-11-13-21(29)23(31)20-12-10-17-28(20)22(30)19-25(4,5)8-2/h20-21H,7-19H2,1-6H3,(H,27,32). The van der Waals surface area contributed by atoms with Gasteiger partial charge >= 0.3 is 6.03 Å². The third kappa shape index (κ3) is 6.71. The highest BCUT2D eigenvalue weighted by Gasteiger charge is 2.43. The zero-order valence-electron chi connectivity index (χ0n) is 21.5. The Hall–Kier alpha value is -1.59. The molecule has 0 spiro atoms. The summed E-state index contributed by atoms with van der Waals surface area (Å²) in [5, 5.41) is 3.08. The summed E-state index contributed by atoms with van der Waals surface area (Å²) in [6.45, 7) is 14.9. The summed E-state index contributed by atoms with van der Waals surface area (Å²) >= 11 is 0. The maximum atomic E-state index is 13.5. The molecule has 3 amide bonds. The van der Waals surface area contributed by atoms with Gasteiger partial charge in [-0.25, -0.2) is 4.79 Å². The van der Waals surface area contributed by atoms with Gasteiger partial charge in [0.2, 0.25) is 5.91 Å². The number of amides is 3. The Morgan fingerprint density at radius 2 is 1.47 bits per heavy atom. The Labute approximate surface area is 195 Å². The number of carbonyl (C=O) groups is 3. The van der Waals surface area contributed by atoms with E-state index < -0.39 is 6.04 Å². The van der Waals surface area contributed by atoms with Crippen LogP contribution in [-0.2, 0) is 9.59 Å². The first-order valence-corrected chi connectivity index (χ1v) is 12.9. The lowest BCUT2D eigenvalue weighted by molar-refractivity contribution is -0.140. The van der Waals surface area contributed by atoms with E-state index in [0.29, 0.717) is 32.5 Å². The van der Waals surface area contributed by atoms with Crippen molar-refractivity contribution >= 4 is 17.7 Å². The van der Waals surface area contributed by atoms with Gasteiger partial charge in [-0.2, -0.15) is 0 Å². The zero-order valence-corrected chi connectivity index (χ0v) is 21.5. The number of nitrogens with zero attached hydrogens (tertiary/aromatic N) is 2. The number of urea groups is 1. The van der Waals surface area contributed by atoms with Crippen LogP contribution >= 0.6 is 0 Å². The Kier molecular flexibility index (Phi) is 9.59. The summed E-state index contributed by atoms with van der Waals surface area (Å²) < 4.78 is 0. The molecule has 32 heavy (non-hydrogen) atoms. The fourth-order valence-corrected chi connectivity index (χ4v) is 5.18. The molecule has 2 saturated heterocycles. The fraction of sp³-hybridized carbons (Fsp3) is 0.885. The van der Waals surface area contributed by atoms with Crippen molar-refractivity contribution in [1.29, 1.82) is 0 Å². The highest BCUT2D eigenvalue weighted by molar-refractivity contribution is 5.95. The number of hydrogen-bond acceptors (Lipinski definition) is 3. The molecule has 3 atom stereocenters. The SMILES string of the molecule is CCCC(C)(CC)CCNC(=O)N1CCCC1C(=O)C1CCCN1C(=O)CC(C)(C)CC. The lowest BCUT2D eigenvalue weighted by atomic mass is 9.80. The lowest BCUT2D eigenvalue weighted by Gasteiger charge is -2.32. The second kappa shape index (κ2) is 11.5. The number of rotatable bonds is 11. The van der Waals surface area contributed by atoms with Gasteiger partial charge in [0.05, 0.1) is 12.1 Å². The highest BCUT2D eigenvalue weighted by atomic mass is 16.2. The van der Waals surface area contributed by atoms with Crippen LogP contribution in [0.4, 0.5) is 4.79 Å². The summed E-state index contributed by atoms with van der Waals surface area (Å²) in [7, 11) is 0. The average Bonchev–Trinajstić information content (AvgIpc) is 3.43. The largest absolute Gasteiger partial charge is 0.338 e. The molecule has 2 fully saturated rings. The van der Waals surface area contributed by atoms with Gasteiger partial charge in [-0.05, 0) is 49.4 Å². The first kappa shape index (κ1) is 26.7. The number of nitrogens with one attached hydrogen (secondary N) is 1. The molecule has 0 bridgehead atoms. The van der Waals surface area contributed by atoms with Gasteiger partial charge in [-0.3, -0.25) is 9.59 Å². The molecule has 0 aromatic rings. The predicted octanol–water partition coefficient (Wildman–Crippen LogP) is 5.15. The minimum absolute atomic E-state index is 0.0576. The van der Waals surface area contributed by atoms with Crippen molar-refractivity contribution in [2.75, 3.05) is 19.6 Å². The molecule has 0 aromatic heterocycles. The van der Waals surface area contributed by atoms with Crippen LogP contribution in [0, 0.1) is 10.8 Å². The number of carbonyl (C=O) groups excluding carboxylic acids is 3. The van der Waals surface area contributed by atoms with Crippen molar-refractivity contribution in [1.82, 2.24) is 15.1 Å². The molecule has 2 heterocycles. The van der Waals surface area contributed by atoms with Crippen molar-refractivity contribution in [3.63, 3.8) is 0 Å². The zero-order chi connectivity index (χ0) is 23.9. The Morgan fingerprint density at radius 1 is 0.875 bits per heavy atom. The van der Waals surface area contributed by atoms with Gasteiger partial charge in [0.25, 0.3) is 0 Å². The lowest BCUT2D eigenvalue weighted by Crippen LogP contribution is -2.52. The molecule has 3 unspecified atom stereocenters. The second-order valence-corrected chi connectivity index (χ2v) is 11.1. The first-order chi connectivity index (χ1) is 15.1. The molecule has 0 aliphatic carbocycles. The quantitative estimate of drug-likeness (QED) is 0.474. The van der Waals surface area contributed by atoms with Gasteiger partial charge in [0.15, 0.2) is 5.78 Å². The van der Waals surface area contributed by atoms with Crippen LogP contribution in [-0.4, -0.2) is 59.2 Å². The van der Waals surface area contributed by atoms with E-state index in [9.17, 15) is 14.4 Å². The Balaban J connectivity index is 1.97. The van der Waals surface area contributed by atoms with Crippen LogP contribution in [0.15, 0.2) is 0 Å². The Bertz CT molecular complexity index is 663. The molecule has 1 N–H and O–H groups in total. The Morgan fingerprint density at radius 3 is 2.03 bits per heavy atom. The molecule has 184 valence electrons. The van der Waals surface area contributed by atoms with Gasteiger partial charge in [-0.1, -0.05) is 60.8 Å². The van der Waals surface area contributed by atoms with E-state index in [2.05, 4.69) is 46.9 Å². The van der Waals surface area contributed by atoms with Crippen LogP contribution < -0.4 is 5.32 Å². The van der Waals surface area contributed by atoms with Gasteiger partial charge < -0.3 is 15.1 Å². The van der Waals surface area contributed by atoms with Crippen LogP contribution in [0.5, 0.6) is 0 Å². The number of hydrogen-bond donors (Lipinski definition) is 1. The van der Waals surface area contributed by atoms with Crippen molar-refractivity contribution in [3.8, 4) is 0 Å². The maximum Gasteiger partial charge on any atom is 0.318 e. The minimum Gasteiger partial charge on any atom is -0.338 e. The molecule has 0 radical (unpaired) electrons.